The fourth-order valence-corrected chi connectivity index (χ4v) is 2.48. The van der Waals surface area contributed by atoms with Crippen LogP contribution in [0, 0.1) is 20.8 Å². The molecule has 0 fully saturated rings. The Balaban J connectivity index is 2.19. The highest BCUT2D eigenvalue weighted by molar-refractivity contribution is 5.95. The first kappa shape index (κ1) is 15.1. The number of carbonyl (C=O) groups is 1. The highest BCUT2D eigenvalue weighted by Crippen LogP contribution is 2.17. The second-order valence-corrected chi connectivity index (χ2v) is 5.67. The number of anilines is 1. The van der Waals surface area contributed by atoms with Crippen LogP contribution in [0.3, 0.4) is 0 Å². The Morgan fingerprint density at radius 1 is 1.05 bits per heavy atom. The molecule has 0 saturated carbocycles. The molecule has 0 aromatic heterocycles. The van der Waals surface area contributed by atoms with E-state index in [0.717, 1.165) is 5.56 Å². The highest BCUT2D eigenvalue weighted by atomic mass is 16.2. The zero-order valence-electron chi connectivity index (χ0n) is 13.1. The summed E-state index contributed by atoms with van der Waals surface area (Å²) < 4.78 is 0. The van der Waals surface area contributed by atoms with Crippen molar-refractivity contribution in [1.82, 2.24) is 4.90 Å². The molecule has 0 spiro atoms. The summed E-state index contributed by atoms with van der Waals surface area (Å²) in [6.45, 7) is 6.67. The van der Waals surface area contributed by atoms with Crippen molar-refractivity contribution in [3.63, 3.8) is 0 Å². The zero-order chi connectivity index (χ0) is 15.6. The van der Waals surface area contributed by atoms with Gasteiger partial charge in [-0.15, -0.1) is 0 Å². The maximum Gasteiger partial charge on any atom is 0.254 e. The van der Waals surface area contributed by atoms with Gasteiger partial charge in [-0.25, -0.2) is 0 Å². The summed E-state index contributed by atoms with van der Waals surface area (Å²) in [6.07, 6.45) is 0. The van der Waals surface area contributed by atoms with Crippen molar-refractivity contribution in [2.75, 3.05) is 12.8 Å². The van der Waals surface area contributed by atoms with Gasteiger partial charge >= 0.3 is 0 Å². The lowest BCUT2D eigenvalue weighted by atomic mass is 10.0. The maximum atomic E-state index is 12.5. The summed E-state index contributed by atoms with van der Waals surface area (Å²) in [4.78, 5) is 14.3. The van der Waals surface area contributed by atoms with Crippen molar-refractivity contribution in [2.24, 2.45) is 0 Å². The Labute approximate surface area is 126 Å². The Morgan fingerprint density at radius 2 is 1.76 bits per heavy atom. The fourth-order valence-electron chi connectivity index (χ4n) is 2.48. The molecule has 0 bridgehead atoms. The number of benzene rings is 2. The van der Waals surface area contributed by atoms with E-state index in [4.69, 9.17) is 5.73 Å². The summed E-state index contributed by atoms with van der Waals surface area (Å²) in [5, 5.41) is 0. The number of carbonyl (C=O) groups excluding carboxylic acids is 1. The molecule has 3 nitrogen and oxygen atoms in total. The van der Waals surface area contributed by atoms with E-state index in [1.54, 1.807) is 17.0 Å². The van der Waals surface area contributed by atoms with Gasteiger partial charge in [-0.1, -0.05) is 23.8 Å². The predicted molar refractivity (Wildman–Crippen MR) is 87.3 cm³/mol. The van der Waals surface area contributed by atoms with Gasteiger partial charge in [-0.05, 0) is 55.7 Å². The fraction of sp³-hybridized carbons (Fsp3) is 0.278. The number of amides is 1. The van der Waals surface area contributed by atoms with Crippen LogP contribution in [0.25, 0.3) is 0 Å². The monoisotopic (exact) mass is 282 g/mol. The molecule has 110 valence electrons. The SMILES string of the molecule is Cc1ccc(CN(C)C(=O)c2ccc(N)cc2C)c(C)c1. The van der Waals surface area contributed by atoms with Crippen LogP contribution in [0.4, 0.5) is 5.69 Å². The van der Waals surface area contributed by atoms with Crippen LogP contribution in [0.5, 0.6) is 0 Å². The molecule has 0 aliphatic rings. The molecule has 0 aliphatic heterocycles. The molecule has 0 heterocycles. The normalized spacial score (nSPS) is 10.5. The molecule has 2 aromatic carbocycles. The van der Waals surface area contributed by atoms with Gasteiger partial charge in [0.25, 0.3) is 5.91 Å². The van der Waals surface area contributed by atoms with E-state index >= 15 is 0 Å². The summed E-state index contributed by atoms with van der Waals surface area (Å²) in [5.74, 6) is 0.0208. The molecule has 1 amide bonds. The van der Waals surface area contributed by atoms with Crippen molar-refractivity contribution >= 4 is 11.6 Å². The van der Waals surface area contributed by atoms with Crippen LogP contribution in [0.15, 0.2) is 36.4 Å². The largest absolute Gasteiger partial charge is 0.399 e. The molecule has 0 aliphatic carbocycles. The number of rotatable bonds is 3. The molecule has 2 aromatic rings. The maximum absolute atomic E-state index is 12.5. The van der Waals surface area contributed by atoms with Crippen LogP contribution in [-0.4, -0.2) is 17.9 Å². The number of aryl methyl sites for hydroxylation is 3. The lowest BCUT2D eigenvalue weighted by Gasteiger charge is -2.20. The third-order valence-electron chi connectivity index (χ3n) is 3.73. The molecule has 0 unspecified atom stereocenters. The first-order valence-electron chi connectivity index (χ1n) is 7.06. The number of nitrogens with zero attached hydrogens (tertiary/aromatic N) is 1. The predicted octanol–water partition coefficient (Wildman–Crippen LogP) is 3.47. The van der Waals surface area contributed by atoms with Gasteiger partial charge in [0.15, 0.2) is 0 Å². The van der Waals surface area contributed by atoms with Crippen LogP contribution >= 0.6 is 0 Å². The quantitative estimate of drug-likeness (QED) is 0.876. The van der Waals surface area contributed by atoms with E-state index in [9.17, 15) is 4.79 Å². The molecular weight excluding hydrogens is 260 g/mol. The Morgan fingerprint density at radius 3 is 2.38 bits per heavy atom. The molecule has 2 rings (SSSR count). The van der Waals surface area contributed by atoms with Gasteiger partial charge in [0.2, 0.25) is 0 Å². The highest BCUT2D eigenvalue weighted by Gasteiger charge is 2.15. The van der Waals surface area contributed by atoms with Gasteiger partial charge in [-0.3, -0.25) is 4.79 Å². The first-order chi connectivity index (χ1) is 9.88. The summed E-state index contributed by atoms with van der Waals surface area (Å²) in [7, 11) is 1.83. The molecular formula is C18H22N2O. The van der Waals surface area contributed by atoms with Crippen LogP contribution in [0.2, 0.25) is 0 Å². The summed E-state index contributed by atoms with van der Waals surface area (Å²) in [5.41, 5.74) is 11.7. The lowest BCUT2D eigenvalue weighted by Crippen LogP contribution is -2.27. The van der Waals surface area contributed by atoms with Crippen molar-refractivity contribution < 1.29 is 4.79 Å². The second-order valence-electron chi connectivity index (χ2n) is 5.67. The van der Waals surface area contributed by atoms with E-state index < -0.39 is 0 Å². The number of hydrogen-bond donors (Lipinski definition) is 1. The standard InChI is InChI=1S/C18H22N2O/c1-12-5-6-15(13(2)9-12)11-20(4)18(21)17-8-7-16(19)10-14(17)3/h5-10H,11,19H2,1-4H3. The van der Waals surface area contributed by atoms with Crippen molar-refractivity contribution in [3.05, 3.63) is 64.2 Å². The van der Waals surface area contributed by atoms with Crippen LogP contribution < -0.4 is 5.73 Å². The third-order valence-corrected chi connectivity index (χ3v) is 3.73. The Bertz CT molecular complexity index is 677. The second kappa shape index (κ2) is 6.00. The minimum Gasteiger partial charge on any atom is -0.399 e. The van der Waals surface area contributed by atoms with E-state index in [1.165, 1.54) is 16.7 Å². The zero-order valence-corrected chi connectivity index (χ0v) is 13.1. The average molecular weight is 282 g/mol. The first-order valence-corrected chi connectivity index (χ1v) is 7.06. The van der Waals surface area contributed by atoms with Gasteiger partial charge in [-0.2, -0.15) is 0 Å². The van der Waals surface area contributed by atoms with E-state index in [2.05, 4.69) is 32.0 Å². The van der Waals surface area contributed by atoms with Gasteiger partial charge in [0, 0.05) is 24.8 Å². The molecule has 3 heteroatoms. The minimum absolute atomic E-state index is 0.0208. The summed E-state index contributed by atoms with van der Waals surface area (Å²) >= 11 is 0. The van der Waals surface area contributed by atoms with E-state index in [-0.39, 0.29) is 5.91 Å². The topological polar surface area (TPSA) is 46.3 Å². The Kier molecular flexibility index (Phi) is 4.32. The van der Waals surface area contributed by atoms with Gasteiger partial charge in [0.1, 0.15) is 0 Å². The van der Waals surface area contributed by atoms with Gasteiger partial charge in [0.05, 0.1) is 0 Å². The lowest BCUT2D eigenvalue weighted by molar-refractivity contribution is 0.0784. The Hall–Kier alpha value is -2.29. The molecule has 0 saturated heterocycles. The van der Waals surface area contributed by atoms with E-state index in [0.29, 0.717) is 17.8 Å². The average Bonchev–Trinajstić information content (AvgIpc) is 2.41. The molecule has 0 radical (unpaired) electrons. The van der Waals surface area contributed by atoms with Crippen molar-refractivity contribution in [1.29, 1.82) is 0 Å². The van der Waals surface area contributed by atoms with Crippen molar-refractivity contribution in [2.45, 2.75) is 27.3 Å². The third kappa shape index (κ3) is 3.43. The number of hydrogen-bond acceptors (Lipinski definition) is 2. The number of nitrogen functional groups attached to an aromatic ring is 1. The molecule has 0 atom stereocenters. The molecule has 21 heavy (non-hydrogen) atoms. The van der Waals surface area contributed by atoms with Crippen LogP contribution in [0.1, 0.15) is 32.6 Å². The van der Waals surface area contributed by atoms with E-state index in [1.807, 2.05) is 20.0 Å². The summed E-state index contributed by atoms with van der Waals surface area (Å²) in [6, 6.07) is 11.7. The van der Waals surface area contributed by atoms with Crippen molar-refractivity contribution in [3.8, 4) is 0 Å². The smallest absolute Gasteiger partial charge is 0.254 e. The minimum atomic E-state index is 0.0208. The molecule has 2 N–H and O–H groups in total. The van der Waals surface area contributed by atoms with Crippen LogP contribution in [-0.2, 0) is 6.54 Å². The van der Waals surface area contributed by atoms with Gasteiger partial charge < -0.3 is 10.6 Å². The number of nitrogens with two attached hydrogens (primary N) is 1.